The predicted molar refractivity (Wildman–Crippen MR) is 73.5 cm³/mol. The Balaban J connectivity index is 2.30. The van der Waals surface area contributed by atoms with Crippen molar-refractivity contribution in [2.45, 2.75) is 20.3 Å². The summed E-state index contributed by atoms with van der Waals surface area (Å²) in [6.45, 7) is 3.44. The van der Waals surface area contributed by atoms with Crippen LogP contribution in [0.15, 0.2) is 18.2 Å². The number of benzene rings is 1. The van der Waals surface area contributed by atoms with E-state index in [1.807, 2.05) is 25.2 Å². The van der Waals surface area contributed by atoms with Gasteiger partial charge in [0.25, 0.3) is 0 Å². The first kappa shape index (κ1) is 13.4. The van der Waals surface area contributed by atoms with Gasteiger partial charge in [0, 0.05) is 25.0 Å². The van der Waals surface area contributed by atoms with Gasteiger partial charge in [0.1, 0.15) is 0 Å². The molecule has 1 aliphatic rings. The van der Waals surface area contributed by atoms with Gasteiger partial charge in [-0.25, -0.2) is 0 Å². The van der Waals surface area contributed by atoms with Gasteiger partial charge in [-0.15, -0.1) is 0 Å². The van der Waals surface area contributed by atoms with Crippen molar-refractivity contribution in [3.8, 4) is 0 Å². The largest absolute Gasteiger partial charge is 0.481 e. The number of carbonyl (C=O) groups excluding carboxylic acids is 1. The van der Waals surface area contributed by atoms with Crippen LogP contribution < -0.4 is 10.2 Å². The Morgan fingerprint density at radius 3 is 2.74 bits per heavy atom. The number of anilines is 2. The molecule has 0 saturated carbocycles. The van der Waals surface area contributed by atoms with Crippen LogP contribution in [0, 0.1) is 5.41 Å². The molecular formula is C14H18N2O3. The van der Waals surface area contributed by atoms with Crippen molar-refractivity contribution in [3.63, 3.8) is 0 Å². The van der Waals surface area contributed by atoms with Gasteiger partial charge in [0.2, 0.25) is 5.91 Å². The fraction of sp³-hybridized carbons (Fsp3) is 0.429. The van der Waals surface area contributed by atoms with Crippen LogP contribution in [-0.2, 0) is 16.0 Å². The van der Waals surface area contributed by atoms with Crippen molar-refractivity contribution in [3.05, 3.63) is 23.8 Å². The molecule has 0 saturated heterocycles. The molecule has 102 valence electrons. The summed E-state index contributed by atoms with van der Waals surface area (Å²) in [5.74, 6) is -0.946. The summed E-state index contributed by atoms with van der Waals surface area (Å²) in [7, 11) is 1.82. The minimum Gasteiger partial charge on any atom is -0.481 e. The zero-order valence-electron chi connectivity index (χ0n) is 11.4. The van der Waals surface area contributed by atoms with E-state index in [4.69, 9.17) is 0 Å². The number of amides is 1. The Morgan fingerprint density at radius 2 is 2.16 bits per heavy atom. The number of nitrogens with one attached hydrogen (secondary N) is 1. The number of fused-ring (bicyclic) bond motifs is 1. The number of nitrogens with zero attached hydrogens (tertiary/aromatic N) is 1. The lowest BCUT2D eigenvalue weighted by atomic mass is 9.93. The number of aliphatic carboxylic acids is 1. The molecule has 0 aromatic heterocycles. The number of carboxylic acid groups (broad SMARTS) is 1. The maximum absolute atomic E-state index is 12.0. The monoisotopic (exact) mass is 262 g/mol. The van der Waals surface area contributed by atoms with Crippen LogP contribution >= 0.6 is 0 Å². The summed E-state index contributed by atoms with van der Waals surface area (Å²) in [5.41, 5.74) is 1.75. The summed E-state index contributed by atoms with van der Waals surface area (Å²) in [6, 6.07) is 5.68. The fourth-order valence-corrected chi connectivity index (χ4v) is 2.17. The molecule has 2 rings (SSSR count). The normalized spacial score (nSPS) is 14.5. The second kappa shape index (κ2) is 4.57. The summed E-state index contributed by atoms with van der Waals surface area (Å²) < 4.78 is 0. The van der Waals surface area contributed by atoms with E-state index < -0.39 is 11.4 Å². The molecular weight excluding hydrogens is 244 g/mol. The van der Waals surface area contributed by atoms with Gasteiger partial charge in [-0.1, -0.05) is 0 Å². The van der Waals surface area contributed by atoms with Crippen molar-refractivity contribution in [1.82, 2.24) is 0 Å². The van der Waals surface area contributed by atoms with E-state index in [1.165, 1.54) is 0 Å². The third kappa shape index (κ3) is 2.41. The third-order valence-electron chi connectivity index (χ3n) is 3.43. The molecule has 0 bridgehead atoms. The Labute approximate surface area is 112 Å². The summed E-state index contributed by atoms with van der Waals surface area (Å²) >= 11 is 0. The molecule has 0 atom stereocenters. The molecule has 0 aliphatic carbocycles. The van der Waals surface area contributed by atoms with Crippen LogP contribution in [0.3, 0.4) is 0 Å². The SMILES string of the molecule is CNc1ccc2c(c1)CC(=O)N2CC(C)(C)C(=O)O. The van der Waals surface area contributed by atoms with Crippen LogP contribution in [-0.4, -0.2) is 30.6 Å². The first-order valence-corrected chi connectivity index (χ1v) is 6.19. The van der Waals surface area contributed by atoms with E-state index in [9.17, 15) is 14.7 Å². The van der Waals surface area contributed by atoms with Crippen molar-refractivity contribution >= 4 is 23.3 Å². The van der Waals surface area contributed by atoms with Crippen molar-refractivity contribution in [2.75, 3.05) is 23.8 Å². The van der Waals surface area contributed by atoms with Crippen LogP contribution in [0.25, 0.3) is 0 Å². The molecule has 1 aromatic rings. The topological polar surface area (TPSA) is 69.6 Å². The van der Waals surface area contributed by atoms with Crippen LogP contribution in [0.5, 0.6) is 0 Å². The highest BCUT2D eigenvalue weighted by atomic mass is 16.4. The average Bonchev–Trinajstić information content (AvgIpc) is 2.64. The molecule has 0 radical (unpaired) electrons. The highest BCUT2D eigenvalue weighted by Gasteiger charge is 2.36. The maximum Gasteiger partial charge on any atom is 0.310 e. The summed E-state index contributed by atoms with van der Waals surface area (Å²) in [4.78, 5) is 24.8. The van der Waals surface area contributed by atoms with Gasteiger partial charge in [-0.2, -0.15) is 0 Å². The molecule has 1 aliphatic heterocycles. The quantitative estimate of drug-likeness (QED) is 0.867. The Kier molecular flexibility index (Phi) is 3.22. The van der Waals surface area contributed by atoms with Gasteiger partial charge in [0.05, 0.1) is 11.8 Å². The zero-order chi connectivity index (χ0) is 14.2. The van der Waals surface area contributed by atoms with Gasteiger partial charge in [-0.05, 0) is 37.6 Å². The molecule has 1 aromatic carbocycles. The molecule has 2 N–H and O–H groups in total. The zero-order valence-corrected chi connectivity index (χ0v) is 11.4. The van der Waals surface area contributed by atoms with Gasteiger partial charge >= 0.3 is 5.97 Å². The van der Waals surface area contributed by atoms with E-state index in [0.29, 0.717) is 6.42 Å². The van der Waals surface area contributed by atoms with Crippen molar-refractivity contribution in [1.29, 1.82) is 0 Å². The second-order valence-corrected chi connectivity index (χ2v) is 5.44. The lowest BCUT2D eigenvalue weighted by molar-refractivity contribution is -0.146. The lowest BCUT2D eigenvalue weighted by Gasteiger charge is -2.27. The summed E-state index contributed by atoms with van der Waals surface area (Å²) in [6.07, 6.45) is 0.334. The molecule has 0 fully saturated rings. The van der Waals surface area contributed by atoms with Crippen LogP contribution in [0.1, 0.15) is 19.4 Å². The molecule has 1 amide bonds. The fourth-order valence-electron chi connectivity index (χ4n) is 2.17. The van der Waals surface area contributed by atoms with E-state index in [0.717, 1.165) is 16.9 Å². The second-order valence-electron chi connectivity index (χ2n) is 5.44. The molecule has 5 heteroatoms. The Morgan fingerprint density at radius 1 is 1.47 bits per heavy atom. The van der Waals surface area contributed by atoms with Gasteiger partial charge in [-0.3, -0.25) is 9.59 Å². The summed E-state index contributed by atoms with van der Waals surface area (Å²) in [5, 5.41) is 12.2. The van der Waals surface area contributed by atoms with E-state index >= 15 is 0 Å². The lowest BCUT2D eigenvalue weighted by Crippen LogP contribution is -2.40. The van der Waals surface area contributed by atoms with Crippen molar-refractivity contribution in [2.24, 2.45) is 5.41 Å². The average molecular weight is 262 g/mol. The molecule has 5 nitrogen and oxygen atoms in total. The Hall–Kier alpha value is -2.04. The van der Waals surface area contributed by atoms with E-state index in [2.05, 4.69) is 5.32 Å². The minimum atomic E-state index is -0.959. The minimum absolute atomic E-state index is 0.0439. The maximum atomic E-state index is 12.0. The van der Waals surface area contributed by atoms with Crippen molar-refractivity contribution < 1.29 is 14.7 Å². The highest BCUT2D eigenvalue weighted by Crippen LogP contribution is 2.33. The standard InChI is InChI=1S/C14H18N2O3/c1-14(2,13(18)19)8-16-11-5-4-10(15-3)6-9(11)7-12(16)17/h4-6,15H,7-8H2,1-3H3,(H,18,19). The van der Waals surface area contributed by atoms with E-state index in [1.54, 1.807) is 18.7 Å². The molecule has 0 unspecified atom stereocenters. The number of carboxylic acids is 1. The van der Waals surface area contributed by atoms with Gasteiger partial charge in [0.15, 0.2) is 0 Å². The Bertz CT molecular complexity index is 537. The van der Waals surface area contributed by atoms with E-state index in [-0.39, 0.29) is 12.5 Å². The molecule has 19 heavy (non-hydrogen) atoms. The number of rotatable bonds is 4. The number of carbonyl (C=O) groups is 2. The number of hydrogen-bond acceptors (Lipinski definition) is 3. The first-order chi connectivity index (χ1) is 8.85. The third-order valence-corrected chi connectivity index (χ3v) is 3.43. The van der Waals surface area contributed by atoms with Crippen LogP contribution in [0.2, 0.25) is 0 Å². The smallest absolute Gasteiger partial charge is 0.310 e. The molecule has 1 heterocycles. The van der Waals surface area contributed by atoms with Crippen LogP contribution in [0.4, 0.5) is 11.4 Å². The highest BCUT2D eigenvalue weighted by molar-refractivity contribution is 6.02. The molecule has 0 spiro atoms. The number of hydrogen-bond donors (Lipinski definition) is 2. The first-order valence-electron chi connectivity index (χ1n) is 6.19. The van der Waals surface area contributed by atoms with Gasteiger partial charge < -0.3 is 15.3 Å². The predicted octanol–water partition coefficient (Wildman–Crippen LogP) is 1.73.